The van der Waals surface area contributed by atoms with E-state index in [4.69, 9.17) is 4.74 Å². The van der Waals surface area contributed by atoms with Crippen LogP contribution in [0.5, 0.6) is 0 Å². The van der Waals surface area contributed by atoms with Crippen molar-refractivity contribution in [3.63, 3.8) is 0 Å². The van der Waals surface area contributed by atoms with Gasteiger partial charge in [-0.15, -0.1) is 0 Å². The van der Waals surface area contributed by atoms with Gasteiger partial charge < -0.3 is 9.84 Å². The molecule has 0 aromatic carbocycles. The predicted octanol–water partition coefficient (Wildman–Crippen LogP) is 1.57. The highest BCUT2D eigenvalue weighted by molar-refractivity contribution is 5.06. The minimum Gasteiger partial charge on any atom is -0.391 e. The average Bonchev–Trinajstić information content (AvgIpc) is 2.86. The second-order valence-electron chi connectivity index (χ2n) is 5.85. The van der Waals surface area contributed by atoms with Gasteiger partial charge in [0.05, 0.1) is 19.3 Å². The molecular formula is C14H23NO2. The lowest BCUT2D eigenvalue weighted by molar-refractivity contribution is -0.0380. The van der Waals surface area contributed by atoms with Crippen LogP contribution in [0.1, 0.15) is 32.1 Å². The summed E-state index contributed by atoms with van der Waals surface area (Å²) in [6, 6.07) is 0.382. The van der Waals surface area contributed by atoms with Gasteiger partial charge in [-0.2, -0.15) is 0 Å². The van der Waals surface area contributed by atoms with Gasteiger partial charge in [0.15, 0.2) is 0 Å². The van der Waals surface area contributed by atoms with Gasteiger partial charge in [-0.25, -0.2) is 0 Å². The number of hydrogen-bond donors (Lipinski definition) is 1. The third-order valence-electron chi connectivity index (χ3n) is 4.83. The Morgan fingerprint density at radius 1 is 1.24 bits per heavy atom. The summed E-state index contributed by atoms with van der Waals surface area (Å²) in [6.45, 7) is 3.79. The molecule has 3 nitrogen and oxygen atoms in total. The van der Waals surface area contributed by atoms with Crippen LogP contribution in [0.4, 0.5) is 0 Å². The van der Waals surface area contributed by atoms with Crippen LogP contribution in [0.2, 0.25) is 0 Å². The summed E-state index contributed by atoms with van der Waals surface area (Å²) in [4.78, 5) is 2.49. The fraction of sp³-hybridized carbons (Fsp3) is 0.857. The summed E-state index contributed by atoms with van der Waals surface area (Å²) < 4.78 is 5.65. The molecule has 2 fully saturated rings. The van der Waals surface area contributed by atoms with E-state index in [1.165, 1.54) is 25.9 Å². The summed E-state index contributed by atoms with van der Waals surface area (Å²) in [7, 11) is 0. The largest absolute Gasteiger partial charge is 0.391 e. The van der Waals surface area contributed by atoms with Crippen molar-refractivity contribution < 1.29 is 9.84 Å². The van der Waals surface area contributed by atoms with E-state index >= 15 is 0 Å². The van der Waals surface area contributed by atoms with Crippen LogP contribution >= 0.6 is 0 Å². The minimum atomic E-state index is -0.205. The number of likely N-dealkylation sites (tertiary alicyclic amines) is 1. The average molecular weight is 237 g/mol. The van der Waals surface area contributed by atoms with E-state index in [1.807, 2.05) is 0 Å². The molecular weight excluding hydrogens is 214 g/mol. The van der Waals surface area contributed by atoms with Gasteiger partial charge in [0, 0.05) is 11.5 Å². The van der Waals surface area contributed by atoms with Crippen LogP contribution in [-0.4, -0.2) is 48.5 Å². The van der Waals surface area contributed by atoms with Gasteiger partial charge in [0.25, 0.3) is 0 Å². The number of ether oxygens (including phenoxy) is 1. The molecule has 1 spiro atoms. The number of aliphatic hydroxyl groups excluding tert-OH is 1. The fourth-order valence-electron chi connectivity index (χ4n) is 3.76. The Labute approximate surface area is 103 Å². The third kappa shape index (κ3) is 2.05. The zero-order chi connectivity index (χ0) is 11.7. The first-order valence-corrected chi connectivity index (χ1v) is 6.97. The zero-order valence-electron chi connectivity index (χ0n) is 10.5. The molecule has 0 radical (unpaired) electrons. The van der Waals surface area contributed by atoms with E-state index in [0.717, 1.165) is 25.9 Å². The molecule has 0 amide bonds. The highest BCUT2D eigenvalue weighted by atomic mass is 16.5. The summed E-state index contributed by atoms with van der Waals surface area (Å²) >= 11 is 0. The van der Waals surface area contributed by atoms with E-state index < -0.39 is 0 Å². The molecule has 1 saturated heterocycles. The molecule has 2 heterocycles. The van der Waals surface area contributed by atoms with Crippen molar-refractivity contribution >= 4 is 0 Å². The number of aliphatic hydroxyl groups is 1. The van der Waals surface area contributed by atoms with Crippen LogP contribution in [0, 0.1) is 5.41 Å². The van der Waals surface area contributed by atoms with Crippen molar-refractivity contribution in [1.29, 1.82) is 0 Å². The lowest BCUT2D eigenvalue weighted by atomic mass is 9.81. The summed E-state index contributed by atoms with van der Waals surface area (Å²) in [6.07, 6.45) is 9.91. The highest BCUT2D eigenvalue weighted by Gasteiger charge is 2.49. The Hall–Kier alpha value is -0.380. The minimum absolute atomic E-state index is 0.000255. The molecule has 0 aromatic rings. The molecule has 3 aliphatic rings. The van der Waals surface area contributed by atoms with E-state index in [0.29, 0.717) is 12.6 Å². The second-order valence-corrected chi connectivity index (χ2v) is 5.85. The highest BCUT2D eigenvalue weighted by Crippen LogP contribution is 2.45. The molecule has 0 unspecified atom stereocenters. The smallest absolute Gasteiger partial charge is 0.0776 e. The molecule has 3 atom stereocenters. The lowest BCUT2D eigenvalue weighted by Crippen LogP contribution is -2.46. The molecule has 2 aliphatic heterocycles. The quantitative estimate of drug-likeness (QED) is 0.703. The van der Waals surface area contributed by atoms with E-state index in [9.17, 15) is 5.11 Å². The maximum absolute atomic E-state index is 10.7. The summed E-state index contributed by atoms with van der Waals surface area (Å²) in [5.41, 5.74) is 0.000255. The van der Waals surface area contributed by atoms with Crippen molar-refractivity contribution in [2.24, 2.45) is 5.41 Å². The second kappa shape index (κ2) is 4.71. The number of nitrogens with zero attached hydrogens (tertiary/aromatic N) is 1. The molecule has 1 N–H and O–H groups in total. The standard InChI is InChI=1S/C14H23NO2/c16-13-12(15-8-2-3-9-15)5-7-14(13)6-1-4-10-17-11-14/h1,4,12-13,16H,2-3,5-11H2/t12-,13+,14+/m1/s1. The number of allylic oxidation sites excluding steroid dienone is 1. The molecule has 0 aromatic heterocycles. The van der Waals surface area contributed by atoms with Crippen LogP contribution in [0.3, 0.4) is 0 Å². The zero-order valence-corrected chi connectivity index (χ0v) is 10.5. The summed E-state index contributed by atoms with van der Waals surface area (Å²) in [5.74, 6) is 0. The molecule has 3 rings (SSSR count). The molecule has 1 aliphatic carbocycles. The van der Waals surface area contributed by atoms with Crippen LogP contribution in [0.15, 0.2) is 12.2 Å². The van der Waals surface area contributed by atoms with Crippen molar-refractivity contribution in [2.75, 3.05) is 26.3 Å². The Morgan fingerprint density at radius 3 is 2.88 bits per heavy atom. The Kier molecular flexibility index (Phi) is 3.24. The fourth-order valence-corrected chi connectivity index (χ4v) is 3.76. The van der Waals surface area contributed by atoms with Gasteiger partial charge in [-0.1, -0.05) is 12.2 Å². The van der Waals surface area contributed by atoms with E-state index in [-0.39, 0.29) is 11.5 Å². The molecule has 96 valence electrons. The van der Waals surface area contributed by atoms with Gasteiger partial charge in [-0.05, 0) is 45.2 Å². The monoisotopic (exact) mass is 237 g/mol. The Bertz CT molecular complexity index is 299. The molecule has 0 bridgehead atoms. The van der Waals surface area contributed by atoms with E-state index in [1.54, 1.807) is 0 Å². The molecule has 1 saturated carbocycles. The van der Waals surface area contributed by atoms with E-state index in [2.05, 4.69) is 17.1 Å². The Balaban J connectivity index is 1.73. The predicted molar refractivity (Wildman–Crippen MR) is 66.8 cm³/mol. The SMILES string of the molecule is O[C@H]1[C@H](N2CCCC2)CC[C@]12CC=CCOC2. The normalized spacial score (nSPS) is 43.4. The van der Waals surface area contributed by atoms with Crippen LogP contribution in [-0.2, 0) is 4.74 Å². The topological polar surface area (TPSA) is 32.7 Å². The summed E-state index contributed by atoms with van der Waals surface area (Å²) in [5, 5.41) is 10.7. The first-order valence-electron chi connectivity index (χ1n) is 6.97. The van der Waals surface area contributed by atoms with Gasteiger partial charge >= 0.3 is 0 Å². The van der Waals surface area contributed by atoms with Crippen molar-refractivity contribution in [3.05, 3.63) is 12.2 Å². The lowest BCUT2D eigenvalue weighted by Gasteiger charge is -2.35. The number of hydrogen-bond acceptors (Lipinski definition) is 3. The Morgan fingerprint density at radius 2 is 2.06 bits per heavy atom. The van der Waals surface area contributed by atoms with Crippen molar-refractivity contribution in [2.45, 2.75) is 44.2 Å². The van der Waals surface area contributed by atoms with Crippen molar-refractivity contribution in [3.8, 4) is 0 Å². The van der Waals surface area contributed by atoms with Gasteiger partial charge in [-0.3, -0.25) is 4.90 Å². The van der Waals surface area contributed by atoms with Crippen LogP contribution < -0.4 is 0 Å². The van der Waals surface area contributed by atoms with Crippen LogP contribution in [0.25, 0.3) is 0 Å². The molecule has 17 heavy (non-hydrogen) atoms. The first kappa shape index (κ1) is 11.7. The van der Waals surface area contributed by atoms with Gasteiger partial charge in [0.1, 0.15) is 0 Å². The van der Waals surface area contributed by atoms with Crippen molar-refractivity contribution in [1.82, 2.24) is 4.90 Å². The number of rotatable bonds is 1. The first-order chi connectivity index (χ1) is 8.32. The molecule has 3 heteroatoms. The maximum atomic E-state index is 10.7. The maximum Gasteiger partial charge on any atom is 0.0776 e. The third-order valence-corrected chi connectivity index (χ3v) is 4.83. The van der Waals surface area contributed by atoms with Gasteiger partial charge in [0.2, 0.25) is 0 Å².